The Morgan fingerprint density at radius 2 is 1.86 bits per heavy atom. The van der Waals surface area contributed by atoms with E-state index < -0.39 is 0 Å². The largest absolute Gasteiger partial charge is 0.455 e. The van der Waals surface area contributed by atoms with Gasteiger partial charge in [0.1, 0.15) is 11.2 Å². The highest BCUT2D eigenvalue weighted by Gasteiger charge is 2.44. The van der Waals surface area contributed by atoms with Gasteiger partial charge >= 0.3 is 0 Å². The molecule has 0 amide bonds. The molecule has 2 aliphatic rings. The molecule has 0 aliphatic heterocycles. The number of hydrogen-bond donors (Lipinski definition) is 1. The van der Waals surface area contributed by atoms with E-state index in [1.807, 2.05) is 24.3 Å². The topological polar surface area (TPSA) is 25.2 Å². The lowest BCUT2D eigenvalue weighted by atomic mass is 9.75. The summed E-state index contributed by atoms with van der Waals surface area (Å²) in [4.78, 5) is 0. The molecule has 2 nitrogen and oxygen atoms in total. The van der Waals surface area contributed by atoms with Crippen molar-refractivity contribution in [1.82, 2.24) is 0 Å². The highest BCUT2D eigenvalue weighted by atomic mass is 16.3. The number of benzene rings is 2. The molecule has 138 valence electrons. The van der Waals surface area contributed by atoms with E-state index in [0.717, 1.165) is 33.3 Å². The van der Waals surface area contributed by atoms with Crippen molar-refractivity contribution in [2.75, 3.05) is 5.32 Å². The molecule has 1 aromatic heterocycles. The van der Waals surface area contributed by atoms with Crippen LogP contribution >= 0.6 is 0 Å². The van der Waals surface area contributed by atoms with Crippen LogP contribution in [0.2, 0.25) is 0 Å². The van der Waals surface area contributed by atoms with Crippen LogP contribution in [0.1, 0.15) is 30.9 Å². The quantitative estimate of drug-likeness (QED) is 0.406. The molecule has 2 heteroatoms. The van der Waals surface area contributed by atoms with Crippen LogP contribution in [0, 0.1) is 29.9 Å². The first-order valence-electron chi connectivity index (χ1n) is 9.95. The minimum Gasteiger partial charge on any atom is -0.455 e. The molecule has 1 N–H and O–H groups in total. The van der Waals surface area contributed by atoms with Crippen molar-refractivity contribution in [2.24, 2.45) is 5.92 Å². The molecule has 0 bridgehead atoms. The van der Waals surface area contributed by atoms with Gasteiger partial charge in [-0.3, -0.25) is 0 Å². The summed E-state index contributed by atoms with van der Waals surface area (Å²) in [6, 6.07) is 22.8. The van der Waals surface area contributed by atoms with Crippen LogP contribution in [0.4, 0.5) is 11.4 Å². The third-order valence-corrected chi connectivity index (χ3v) is 6.42. The number of furan rings is 1. The van der Waals surface area contributed by atoms with E-state index in [1.165, 1.54) is 11.1 Å². The van der Waals surface area contributed by atoms with Crippen LogP contribution in [0.5, 0.6) is 0 Å². The zero-order chi connectivity index (χ0) is 19.6. The lowest BCUT2D eigenvalue weighted by Crippen LogP contribution is -2.24. The SMILES string of the molecule is CC1(C)c2ccc(Nc3ccc4oc5ccc#cc5c4c3)cc2C2C#CC=CC21. The lowest BCUT2D eigenvalue weighted by molar-refractivity contribution is 0.400. The van der Waals surface area contributed by atoms with Gasteiger partial charge in [0, 0.05) is 22.7 Å². The van der Waals surface area contributed by atoms with Crippen molar-refractivity contribution in [1.29, 1.82) is 0 Å². The molecule has 3 aromatic carbocycles. The van der Waals surface area contributed by atoms with E-state index in [9.17, 15) is 0 Å². The molecule has 0 saturated carbocycles. The maximum absolute atomic E-state index is 5.90. The van der Waals surface area contributed by atoms with E-state index in [-0.39, 0.29) is 11.3 Å². The molecule has 1 heterocycles. The highest BCUT2D eigenvalue weighted by molar-refractivity contribution is 6.05. The van der Waals surface area contributed by atoms with Crippen molar-refractivity contribution in [2.45, 2.75) is 25.2 Å². The molecule has 29 heavy (non-hydrogen) atoms. The molecular weight excluding hydrogens is 354 g/mol. The summed E-state index contributed by atoms with van der Waals surface area (Å²) in [5, 5.41) is 5.59. The minimum atomic E-state index is 0.102. The van der Waals surface area contributed by atoms with Crippen molar-refractivity contribution < 1.29 is 4.42 Å². The van der Waals surface area contributed by atoms with Gasteiger partial charge in [-0.1, -0.05) is 50.0 Å². The highest BCUT2D eigenvalue weighted by Crippen LogP contribution is 2.52. The molecule has 0 spiro atoms. The molecule has 2 unspecified atom stereocenters. The zero-order valence-corrected chi connectivity index (χ0v) is 16.3. The van der Waals surface area contributed by atoms with Gasteiger partial charge in [0.25, 0.3) is 0 Å². The third-order valence-electron chi connectivity index (χ3n) is 6.42. The van der Waals surface area contributed by atoms with Crippen LogP contribution in [0.25, 0.3) is 21.9 Å². The van der Waals surface area contributed by atoms with Gasteiger partial charge in [0.2, 0.25) is 0 Å². The van der Waals surface area contributed by atoms with Gasteiger partial charge in [-0.05, 0) is 65.1 Å². The Morgan fingerprint density at radius 1 is 1.00 bits per heavy atom. The van der Waals surface area contributed by atoms with Crippen molar-refractivity contribution in [3.63, 3.8) is 0 Å². The Bertz CT molecular complexity index is 1380. The van der Waals surface area contributed by atoms with Crippen LogP contribution in [0.3, 0.4) is 0 Å². The Hall–Kier alpha value is -3.62. The summed E-state index contributed by atoms with van der Waals surface area (Å²) >= 11 is 0. The number of nitrogens with one attached hydrogen (secondary N) is 1. The number of fused-ring (bicyclic) bond motifs is 6. The van der Waals surface area contributed by atoms with Crippen LogP contribution < -0.4 is 5.32 Å². The smallest absolute Gasteiger partial charge is 0.144 e. The summed E-state index contributed by atoms with van der Waals surface area (Å²) in [6.07, 6.45) is 4.28. The summed E-state index contributed by atoms with van der Waals surface area (Å²) in [7, 11) is 0. The van der Waals surface area contributed by atoms with Gasteiger partial charge in [-0.15, -0.1) is 0 Å². The zero-order valence-electron chi connectivity index (χ0n) is 16.3. The third kappa shape index (κ3) is 2.33. The van der Waals surface area contributed by atoms with E-state index in [2.05, 4.69) is 79.5 Å². The molecule has 0 radical (unpaired) electrons. The number of allylic oxidation sites excluding steroid dienone is 2. The van der Waals surface area contributed by atoms with Gasteiger partial charge < -0.3 is 9.73 Å². The summed E-state index contributed by atoms with van der Waals surface area (Å²) in [5.41, 5.74) is 6.67. The minimum absolute atomic E-state index is 0.102. The van der Waals surface area contributed by atoms with Crippen LogP contribution in [0.15, 0.2) is 65.1 Å². The maximum Gasteiger partial charge on any atom is 0.144 e. The monoisotopic (exact) mass is 373 g/mol. The molecule has 4 aromatic rings. The fraction of sp³-hybridized carbons (Fsp3) is 0.185. The van der Waals surface area contributed by atoms with E-state index in [4.69, 9.17) is 4.42 Å². The average Bonchev–Trinajstić information content (AvgIpc) is 3.21. The second-order valence-corrected chi connectivity index (χ2v) is 8.45. The van der Waals surface area contributed by atoms with Gasteiger partial charge in [-0.25, -0.2) is 0 Å². The first-order valence-corrected chi connectivity index (χ1v) is 9.95. The van der Waals surface area contributed by atoms with Gasteiger partial charge in [0.05, 0.1) is 11.3 Å². The molecule has 0 saturated heterocycles. The normalized spacial score (nSPS) is 20.6. The molecule has 2 aliphatic carbocycles. The number of rotatable bonds is 2. The summed E-state index contributed by atoms with van der Waals surface area (Å²) < 4.78 is 5.90. The molecular formula is C27H19NO. The van der Waals surface area contributed by atoms with Crippen molar-refractivity contribution in [3.8, 4) is 11.8 Å². The Kier molecular flexibility index (Phi) is 3.21. The second-order valence-electron chi connectivity index (χ2n) is 8.45. The van der Waals surface area contributed by atoms with Crippen molar-refractivity contribution >= 4 is 33.3 Å². The maximum atomic E-state index is 5.90. The van der Waals surface area contributed by atoms with Crippen LogP contribution in [-0.2, 0) is 5.41 Å². The summed E-state index contributed by atoms with van der Waals surface area (Å²) in [5.74, 6) is 7.33. The van der Waals surface area contributed by atoms with E-state index in [1.54, 1.807) is 0 Å². The van der Waals surface area contributed by atoms with E-state index >= 15 is 0 Å². The average molecular weight is 373 g/mol. The van der Waals surface area contributed by atoms with Gasteiger partial charge in [-0.2, -0.15) is 0 Å². The fourth-order valence-electron chi connectivity index (χ4n) is 4.92. The standard InChI is InChI=1S/C27H19NO/c1-27(2)23-9-5-3-7-19(23)21-15-17(11-13-24(21)27)28-18-12-14-26-22(16-18)20-8-4-6-10-25(20)29-26/h5-6,9-16,19,23,28H,1-2H3. The lowest BCUT2D eigenvalue weighted by Gasteiger charge is -2.28. The van der Waals surface area contributed by atoms with Crippen LogP contribution in [-0.4, -0.2) is 0 Å². The molecule has 6 rings (SSSR count). The molecule has 2 atom stereocenters. The van der Waals surface area contributed by atoms with Gasteiger partial charge in [0.15, 0.2) is 0 Å². The number of hydrogen-bond acceptors (Lipinski definition) is 2. The van der Waals surface area contributed by atoms with E-state index in [0.29, 0.717) is 5.92 Å². The predicted molar refractivity (Wildman–Crippen MR) is 117 cm³/mol. The Labute approximate surface area is 170 Å². The number of anilines is 2. The summed E-state index contributed by atoms with van der Waals surface area (Å²) in [6.45, 7) is 4.65. The molecule has 0 fully saturated rings. The Morgan fingerprint density at radius 3 is 2.79 bits per heavy atom. The Balaban J connectivity index is 1.40. The fourth-order valence-corrected chi connectivity index (χ4v) is 4.92. The second kappa shape index (κ2) is 5.69. The van der Waals surface area contributed by atoms with Crippen molar-refractivity contribution in [3.05, 3.63) is 83.9 Å². The first kappa shape index (κ1) is 16.3. The predicted octanol–water partition coefficient (Wildman–Crippen LogP) is 6.49. The first-order chi connectivity index (χ1) is 14.1.